The van der Waals surface area contributed by atoms with Crippen LogP contribution in [0.2, 0.25) is 0 Å². The van der Waals surface area contributed by atoms with E-state index < -0.39 is 0 Å². The zero-order chi connectivity index (χ0) is 17.8. The Morgan fingerprint density at radius 2 is 1.68 bits per heavy atom. The lowest BCUT2D eigenvalue weighted by Crippen LogP contribution is -2.49. The molecule has 1 aromatic heterocycles. The van der Waals surface area contributed by atoms with E-state index in [0.717, 1.165) is 25.7 Å². The van der Waals surface area contributed by atoms with Crippen LogP contribution in [-0.2, 0) is 9.59 Å². The Morgan fingerprint density at radius 3 is 2.24 bits per heavy atom. The lowest BCUT2D eigenvalue weighted by Gasteiger charge is -2.37. The number of hydrogen-bond acceptors (Lipinski definition) is 4. The van der Waals surface area contributed by atoms with Crippen LogP contribution in [0.3, 0.4) is 0 Å². The predicted octanol–water partition coefficient (Wildman–Crippen LogP) is 1.26. The van der Waals surface area contributed by atoms with Crippen LogP contribution < -0.4 is 5.32 Å². The summed E-state index contributed by atoms with van der Waals surface area (Å²) in [5, 5.41) is 2.96. The number of rotatable bonds is 3. The van der Waals surface area contributed by atoms with Gasteiger partial charge in [0.1, 0.15) is 0 Å². The first-order chi connectivity index (χ1) is 12.0. The Hall–Kier alpha value is -2.31. The molecule has 3 rings (SSSR count). The largest absolute Gasteiger partial charge is 0.459 e. The maximum Gasteiger partial charge on any atom is 0.287 e. The molecular weight excluding hydrogens is 322 g/mol. The van der Waals surface area contributed by atoms with E-state index in [9.17, 15) is 14.4 Å². The number of hydrogen-bond donors (Lipinski definition) is 1. The summed E-state index contributed by atoms with van der Waals surface area (Å²) in [6.45, 7) is 4.23. The number of nitrogens with one attached hydrogen (secondary N) is 1. The standard InChI is InChI=1S/C18H25N3O4/c1-13(22)20-8-4-14(5-9-20)18(24)21-10-6-15(7-11-21)19-17(23)16-3-2-12-25-16/h2-3,12,14-15H,4-11H2,1H3,(H,19,23). The Balaban J connectivity index is 1.43. The summed E-state index contributed by atoms with van der Waals surface area (Å²) < 4.78 is 5.10. The number of piperidine rings is 2. The van der Waals surface area contributed by atoms with Gasteiger partial charge in [-0.3, -0.25) is 14.4 Å². The lowest BCUT2D eigenvalue weighted by molar-refractivity contribution is -0.140. The molecule has 1 N–H and O–H groups in total. The Kier molecular flexibility index (Phi) is 5.40. The molecule has 2 aliphatic heterocycles. The van der Waals surface area contributed by atoms with E-state index in [1.807, 2.05) is 4.90 Å². The van der Waals surface area contributed by atoms with Crippen LogP contribution in [0.5, 0.6) is 0 Å². The molecule has 0 aromatic carbocycles. The number of carbonyl (C=O) groups is 3. The van der Waals surface area contributed by atoms with E-state index in [0.29, 0.717) is 31.9 Å². The molecule has 7 nitrogen and oxygen atoms in total. The van der Waals surface area contributed by atoms with Gasteiger partial charge in [0, 0.05) is 45.1 Å². The van der Waals surface area contributed by atoms with Crippen LogP contribution in [0.1, 0.15) is 43.2 Å². The first-order valence-electron chi connectivity index (χ1n) is 8.93. The van der Waals surface area contributed by atoms with E-state index in [1.165, 1.54) is 6.26 Å². The number of nitrogens with zero attached hydrogens (tertiary/aromatic N) is 2. The summed E-state index contributed by atoms with van der Waals surface area (Å²) in [5.74, 6) is 0.407. The Morgan fingerprint density at radius 1 is 1.04 bits per heavy atom. The molecule has 0 unspecified atom stereocenters. The minimum Gasteiger partial charge on any atom is -0.459 e. The summed E-state index contributed by atoms with van der Waals surface area (Å²) in [4.78, 5) is 39.8. The highest BCUT2D eigenvalue weighted by Gasteiger charge is 2.31. The molecule has 2 aliphatic rings. The molecule has 3 amide bonds. The molecule has 0 saturated carbocycles. The van der Waals surface area contributed by atoms with Gasteiger partial charge in [-0.2, -0.15) is 0 Å². The number of carbonyl (C=O) groups excluding carboxylic acids is 3. The monoisotopic (exact) mass is 347 g/mol. The average molecular weight is 347 g/mol. The molecule has 0 radical (unpaired) electrons. The van der Waals surface area contributed by atoms with Crippen molar-refractivity contribution >= 4 is 17.7 Å². The summed E-state index contributed by atoms with van der Waals surface area (Å²) in [5.41, 5.74) is 0. The third kappa shape index (κ3) is 4.21. The minimum absolute atomic E-state index is 0.0184. The van der Waals surface area contributed by atoms with Gasteiger partial charge in [0.2, 0.25) is 11.8 Å². The highest BCUT2D eigenvalue weighted by Crippen LogP contribution is 2.22. The zero-order valence-corrected chi connectivity index (χ0v) is 14.6. The maximum absolute atomic E-state index is 12.7. The number of amides is 3. The van der Waals surface area contributed by atoms with E-state index in [4.69, 9.17) is 4.42 Å². The van der Waals surface area contributed by atoms with Gasteiger partial charge in [-0.1, -0.05) is 0 Å². The second-order valence-corrected chi connectivity index (χ2v) is 6.83. The van der Waals surface area contributed by atoms with Crippen molar-refractivity contribution in [2.75, 3.05) is 26.2 Å². The first kappa shape index (κ1) is 17.5. The van der Waals surface area contributed by atoms with Crippen molar-refractivity contribution in [3.05, 3.63) is 24.2 Å². The van der Waals surface area contributed by atoms with E-state index in [2.05, 4.69) is 5.32 Å². The maximum atomic E-state index is 12.7. The van der Waals surface area contributed by atoms with Crippen LogP contribution >= 0.6 is 0 Å². The van der Waals surface area contributed by atoms with Crippen molar-refractivity contribution in [3.63, 3.8) is 0 Å². The second kappa shape index (κ2) is 7.72. The highest BCUT2D eigenvalue weighted by molar-refractivity contribution is 5.91. The van der Waals surface area contributed by atoms with Crippen LogP contribution in [0.25, 0.3) is 0 Å². The second-order valence-electron chi connectivity index (χ2n) is 6.83. The van der Waals surface area contributed by atoms with Gasteiger partial charge < -0.3 is 19.5 Å². The summed E-state index contributed by atoms with van der Waals surface area (Å²) in [6, 6.07) is 3.40. The summed E-state index contributed by atoms with van der Waals surface area (Å²) in [6.07, 6.45) is 4.48. The fourth-order valence-corrected chi connectivity index (χ4v) is 3.61. The fourth-order valence-electron chi connectivity index (χ4n) is 3.61. The molecule has 0 atom stereocenters. The van der Waals surface area contributed by atoms with Crippen molar-refractivity contribution in [3.8, 4) is 0 Å². The average Bonchev–Trinajstić information content (AvgIpc) is 3.17. The van der Waals surface area contributed by atoms with Crippen LogP contribution in [0.15, 0.2) is 22.8 Å². The van der Waals surface area contributed by atoms with E-state index >= 15 is 0 Å². The molecule has 7 heteroatoms. The van der Waals surface area contributed by atoms with Crippen molar-refractivity contribution in [2.24, 2.45) is 5.92 Å². The smallest absolute Gasteiger partial charge is 0.287 e. The van der Waals surface area contributed by atoms with E-state index in [1.54, 1.807) is 24.0 Å². The summed E-state index contributed by atoms with van der Waals surface area (Å²) in [7, 11) is 0. The predicted molar refractivity (Wildman–Crippen MR) is 90.8 cm³/mol. The molecule has 0 aliphatic carbocycles. The quantitative estimate of drug-likeness (QED) is 0.892. The number of furan rings is 1. The zero-order valence-electron chi connectivity index (χ0n) is 14.6. The van der Waals surface area contributed by atoms with Crippen LogP contribution in [0.4, 0.5) is 0 Å². The molecule has 0 bridgehead atoms. The third-order valence-electron chi connectivity index (χ3n) is 5.18. The molecule has 2 fully saturated rings. The first-order valence-corrected chi connectivity index (χ1v) is 8.93. The van der Waals surface area contributed by atoms with Gasteiger partial charge in [0.05, 0.1) is 6.26 Å². The van der Waals surface area contributed by atoms with Crippen LogP contribution in [-0.4, -0.2) is 59.7 Å². The molecule has 25 heavy (non-hydrogen) atoms. The van der Waals surface area contributed by atoms with Gasteiger partial charge in [-0.25, -0.2) is 0 Å². The minimum atomic E-state index is -0.202. The molecule has 136 valence electrons. The van der Waals surface area contributed by atoms with Gasteiger partial charge in [0.15, 0.2) is 5.76 Å². The van der Waals surface area contributed by atoms with Crippen molar-refractivity contribution in [1.82, 2.24) is 15.1 Å². The number of likely N-dealkylation sites (tertiary alicyclic amines) is 2. The van der Waals surface area contributed by atoms with Gasteiger partial charge >= 0.3 is 0 Å². The topological polar surface area (TPSA) is 82.9 Å². The van der Waals surface area contributed by atoms with Crippen LogP contribution in [0, 0.1) is 5.92 Å². The van der Waals surface area contributed by atoms with Gasteiger partial charge in [-0.05, 0) is 37.8 Å². The highest BCUT2D eigenvalue weighted by atomic mass is 16.3. The Bertz CT molecular complexity index is 612. The van der Waals surface area contributed by atoms with Crippen molar-refractivity contribution in [2.45, 2.75) is 38.6 Å². The third-order valence-corrected chi connectivity index (χ3v) is 5.18. The van der Waals surface area contributed by atoms with E-state index in [-0.39, 0.29) is 29.7 Å². The molecule has 0 spiro atoms. The normalized spacial score (nSPS) is 19.7. The van der Waals surface area contributed by atoms with Gasteiger partial charge in [-0.15, -0.1) is 0 Å². The SMILES string of the molecule is CC(=O)N1CCC(C(=O)N2CCC(NC(=O)c3ccco3)CC2)CC1. The molecule has 3 heterocycles. The fraction of sp³-hybridized carbons (Fsp3) is 0.611. The van der Waals surface area contributed by atoms with Crippen molar-refractivity contribution in [1.29, 1.82) is 0 Å². The molecular formula is C18H25N3O4. The molecule has 1 aromatic rings. The Labute approximate surface area is 147 Å². The van der Waals surface area contributed by atoms with Crippen molar-refractivity contribution < 1.29 is 18.8 Å². The summed E-state index contributed by atoms with van der Waals surface area (Å²) >= 11 is 0. The lowest BCUT2D eigenvalue weighted by atomic mass is 9.93. The molecule has 2 saturated heterocycles. The van der Waals surface area contributed by atoms with Gasteiger partial charge in [0.25, 0.3) is 5.91 Å².